The van der Waals surface area contributed by atoms with Gasteiger partial charge in [0, 0.05) is 18.7 Å². The van der Waals surface area contributed by atoms with Crippen LogP contribution < -0.4 is 4.74 Å². The number of carbonyl (C=O) groups excluding carboxylic acids is 1. The van der Waals surface area contributed by atoms with Crippen molar-refractivity contribution in [2.24, 2.45) is 0 Å². The minimum Gasteiger partial charge on any atom is -0.487 e. The SMILES string of the molecule is CCN1CCC2(CCc3cc(-c4ccc(C=O)cc4)ccc3O2)CC1. The lowest BCUT2D eigenvalue weighted by Crippen LogP contribution is -2.49. The van der Waals surface area contributed by atoms with E-state index in [4.69, 9.17) is 4.74 Å². The number of rotatable bonds is 3. The highest BCUT2D eigenvalue weighted by Gasteiger charge is 2.39. The average molecular weight is 335 g/mol. The van der Waals surface area contributed by atoms with E-state index in [0.717, 1.165) is 62.9 Å². The lowest BCUT2D eigenvalue weighted by molar-refractivity contribution is -0.0132. The summed E-state index contributed by atoms with van der Waals surface area (Å²) in [6, 6.07) is 14.3. The molecule has 3 nitrogen and oxygen atoms in total. The lowest BCUT2D eigenvalue weighted by Gasteiger charge is -2.44. The third-order valence-corrected chi connectivity index (χ3v) is 5.83. The number of fused-ring (bicyclic) bond motifs is 1. The van der Waals surface area contributed by atoms with Gasteiger partial charge in [-0.1, -0.05) is 37.3 Å². The second-order valence-corrected chi connectivity index (χ2v) is 7.28. The van der Waals surface area contributed by atoms with Crippen LogP contribution >= 0.6 is 0 Å². The van der Waals surface area contributed by atoms with Gasteiger partial charge in [0.1, 0.15) is 17.6 Å². The molecule has 0 saturated carbocycles. The van der Waals surface area contributed by atoms with Crippen LogP contribution in [0.3, 0.4) is 0 Å². The summed E-state index contributed by atoms with van der Waals surface area (Å²) in [6.45, 7) is 5.66. The number of benzene rings is 2. The molecule has 4 rings (SSSR count). The normalized spacial score (nSPS) is 19.2. The van der Waals surface area contributed by atoms with Crippen LogP contribution in [0.2, 0.25) is 0 Å². The molecule has 0 amide bonds. The third kappa shape index (κ3) is 3.21. The van der Waals surface area contributed by atoms with Crippen LogP contribution in [0.5, 0.6) is 5.75 Å². The first-order valence-electron chi connectivity index (χ1n) is 9.31. The van der Waals surface area contributed by atoms with Gasteiger partial charge >= 0.3 is 0 Å². The van der Waals surface area contributed by atoms with Crippen molar-refractivity contribution in [3.05, 3.63) is 53.6 Å². The average Bonchev–Trinajstić information content (AvgIpc) is 2.68. The molecule has 0 unspecified atom stereocenters. The van der Waals surface area contributed by atoms with E-state index < -0.39 is 0 Å². The van der Waals surface area contributed by atoms with E-state index in [2.05, 4.69) is 30.0 Å². The van der Waals surface area contributed by atoms with Crippen molar-refractivity contribution in [1.29, 1.82) is 0 Å². The standard InChI is InChI=1S/C22H25NO2/c1-2-23-13-11-22(12-14-23)10-9-20-15-19(7-8-21(20)25-22)18-5-3-17(16-24)4-6-18/h3-8,15-16H,2,9-14H2,1H3. The van der Waals surface area contributed by atoms with Gasteiger partial charge in [0.25, 0.3) is 0 Å². The maximum absolute atomic E-state index is 10.8. The van der Waals surface area contributed by atoms with Crippen LogP contribution in [-0.2, 0) is 6.42 Å². The molecule has 2 aromatic carbocycles. The fourth-order valence-electron chi connectivity index (χ4n) is 4.08. The number of carbonyl (C=O) groups is 1. The summed E-state index contributed by atoms with van der Waals surface area (Å²) in [5, 5.41) is 0. The topological polar surface area (TPSA) is 29.5 Å². The van der Waals surface area contributed by atoms with Crippen molar-refractivity contribution in [2.45, 2.75) is 38.2 Å². The maximum atomic E-state index is 10.8. The summed E-state index contributed by atoms with van der Waals surface area (Å²) < 4.78 is 6.51. The molecule has 1 spiro atoms. The number of nitrogens with zero attached hydrogens (tertiary/aromatic N) is 1. The molecule has 0 N–H and O–H groups in total. The Morgan fingerprint density at radius 2 is 1.76 bits per heavy atom. The van der Waals surface area contributed by atoms with Crippen LogP contribution in [0.15, 0.2) is 42.5 Å². The summed E-state index contributed by atoms with van der Waals surface area (Å²) >= 11 is 0. The molecule has 130 valence electrons. The van der Waals surface area contributed by atoms with Crippen LogP contribution in [0.25, 0.3) is 11.1 Å². The number of piperidine rings is 1. The van der Waals surface area contributed by atoms with Gasteiger partial charge in [0.15, 0.2) is 0 Å². The zero-order valence-corrected chi connectivity index (χ0v) is 14.8. The Kier molecular flexibility index (Phi) is 4.34. The first-order chi connectivity index (χ1) is 12.2. The van der Waals surface area contributed by atoms with E-state index in [1.54, 1.807) is 0 Å². The number of hydrogen-bond donors (Lipinski definition) is 0. The predicted octanol–water partition coefficient (Wildman–Crippen LogP) is 4.35. The molecule has 25 heavy (non-hydrogen) atoms. The maximum Gasteiger partial charge on any atom is 0.150 e. The number of aldehydes is 1. The fraction of sp³-hybridized carbons (Fsp3) is 0.409. The van der Waals surface area contributed by atoms with E-state index in [1.165, 1.54) is 11.1 Å². The Morgan fingerprint density at radius 3 is 2.44 bits per heavy atom. The van der Waals surface area contributed by atoms with E-state index in [9.17, 15) is 4.79 Å². The summed E-state index contributed by atoms with van der Waals surface area (Å²) in [6.07, 6.45) is 5.35. The number of hydrogen-bond acceptors (Lipinski definition) is 3. The molecule has 0 aromatic heterocycles. The van der Waals surface area contributed by atoms with Crippen molar-refractivity contribution < 1.29 is 9.53 Å². The highest BCUT2D eigenvalue weighted by atomic mass is 16.5. The quantitative estimate of drug-likeness (QED) is 0.781. The van der Waals surface area contributed by atoms with Gasteiger partial charge < -0.3 is 9.64 Å². The molecule has 1 saturated heterocycles. The van der Waals surface area contributed by atoms with Gasteiger partial charge in [-0.15, -0.1) is 0 Å². The molecule has 0 bridgehead atoms. The second kappa shape index (κ2) is 6.64. The molecular formula is C22H25NO2. The van der Waals surface area contributed by atoms with Gasteiger partial charge in [-0.05, 0) is 61.1 Å². The van der Waals surface area contributed by atoms with Crippen molar-refractivity contribution in [3.63, 3.8) is 0 Å². The molecule has 2 aliphatic rings. The Labute approximate surface area is 149 Å². The second-order valence-electron chi connectivity index (χ2n) is 7.28. The minimum atomic E-state index is 0.0474. The first-order valence-corrected chi connectivity index (χ1v) is 9.31. The lowest BCUT2D eigenvalue weighted by atomic mass is 9.82. The van der Waals surface area contributed by atoms with Gasteiger partial charge in [-0.25, -0.2) is 0 Å². The van der Waals surface area contributed by atoms with E-state index in [0.29, 0.717) is 5.56 Å². The highest BCUT2D eigenvalue weighted by Crippen LogP contribution is 2.40. The van der Waals surface area contributed by atoms with Gasteiger partial charge in [0.05, 0.1) is 0 Å². The van der Waals surface area contributed by atoms with Gasteiger partial charge in [-0.2, -0.15) is 0 Å². The van der Waals surface area contributed by atoms with E-state index in [-0.39, 0.29) is 5.60 Å². The Morgan fingerprint density at radius 1 is 1.04 bits per heavy atom. The smallest absolute Gasteiger partial charge is 0.150 e. The third-order valence-electron chi connectivity index (χ3n) is 5.83. The molecule has 0 radical (unpaired) electrons. The van der Waals surface area contributed by atoms with Crippen LogP contribution in [0, 0.1) is 0 Å². The fourth-order valence-corrected chi connectivity index (χ4v) is 4.08. The zero-order chi connectivity index (χ0) is 17.3. The van der Waals surface area contributed by atoms with Crippen molar-refractivity contribution >= 4 is 6.29 Å². The highest BCUT2D eigenvalue weighted by molar-refractivity contribution is 5.77. The monoisotopic (exact) mass is 335 g/mol. The number of ether oxygens (including phenoxy) is 1. The molecule has 2 heterocycles. The summed E-state index contributed by atoms with van der Waals surface area (Å²) in [5.41, 5.74) is 4.40. The summed E-state index contributed by atoms with van der Waals surface area (Å²) in [7, 11) is 0. The molecule has 2 aromatic rings. The van der Waals surface area contributed by atoms with Crippen molar-refractivity contribution in [3.8, 4) is 16.9 Å². The first kappa shape index (κ1) is 16.3. The van der Waals surface area contributed by atoms with Gasteiger partial charge in [0.2, 0.25) is 0 Å². The van der Waals surface area contributed by atoms with Crippen LogP contribution in [0.1, 0.15) is 42.1 Å². The van der Waals surface area contributed by atoms with Gasteiger partial charge in [-0.3, -0.25) is 4.79 Å². The van der Waals surface area contributed by atoms with Crippen molar-refractivity contribution in [2.75, 3.05) is 19.6 Å². The Bertz CT molecular complexity index is 758. The molecule has 0 atom stereocenters. The molecule has 3 heteroatoms. The zero-order valence-electron chi connectivity index (χ0n) is 14.8. The molecular weight excluding hydrogens is 310 g/mol. The summed E-state index contributed by atoms with van der Waals surface area (Å²) in [4.78, 5) is 13.3. The van der Waals surface area contributed by atoms with E-state index in [1.807, 2.05) is 24.3 Å². The molecule has 2 aliphatic heterocycles. The Balaban J connectivity index is 1.54. The Hall–Kier alpha value is -2.13. The number of likely N-dealkylation sites (tertiary alicyclic amines) is 1. The predicted molar refractivity (Wildman–Crippen MR) is 100 cm³/mol. The molecule has 1 fully saturated rings. The van der Waals surface area contributed by atoms with Crippen LogP contribution in [-0.4, -0.2) is 36.4 Å². The number of aryl methyl sites for hydroxylation is 1. The largest absolute Gasteiger partial charge is 0.487 e. The molecule has 0 aliphatic carbocycles. The minimum absolute atomic E-state index is 0.0474. The van der Waals surface area contributed by atoms with Crippen LogP contribution in [0.4, 0.5) is 0 Å². The van der Waals surface area contributed by atoms with Crippen molar-refractivity contribution in [1.82, 2.24) is 4.90 Å². The van der Waals surface area contributed by atoms with E-state index >= 15 is 0 Å². The summed E-state index contributed by atoms with van der Waals surface area (Å²) in [5.74, 6) is 1.06.